The standard InChI is InChI=1S/C16H24O3/c1-5-6-14(15-11-18-16(2,3)19-15)12-7-9-13(17-4)10-8-12/h7-10,14-15H,5-6,11H2,1-4H3. The van der Waals surface area contributed by atoms with Crippen LogP contribution in [0.2, 0.25) is 0 Å². The van der Waals surface area contributed by atoms with Gasteiger partial charge in [-0.1, -0.05) is 25.5 Å². The molecule has 0 bridgehead atoms. The van der Waals surface area contributed by atoms with Gasteiger partial charge in [-0.2, -0.15) is 0 Å². The molecule has 106 valence electrons. The van der Waals surface area contributed by atoms with Gasteiger partial charge in [-0.15, -0.1) is 0 Å². The smallest absolute Gasteiger partial charge is 0.163 e. The Labute approximate surface area is 115 Å². The van der Waals surface area contributed by atoms with Gasteiger partial charge in [0, 0.05) is 5.92 Å². The molecule has 0 spiro atoms. The molecule has 1 saturated heterocycles. The van der Waals surface area contributed by atoms with Gasteiger partial charge in [-0.05, 0) is 38.0 Å². The minimum atomic E-state index is -0.455. The third-order valence-electron chi connectivity index (χ3n) is 3.62. The molecule has 0 amide bonds. The first kappa shape index (κ1) is 14.4. The lowest BCUT2D eigenvalue weighted by atomic mass is 9.89. The van der Waals surface area contributed by atoms with Crippen molar-refractivity contribution < 1.29 is 14.2 Å². The van der Waals surface area contributed by atoms with E-state index in [2.05, 4.69) is 19.1 Å². The predicted octanol–water partition coefficient (Wildman–Crippen LogP) is 3.73. The van der Waals surface area contributed by atoms with Gasteiger partial charge in [0.05, 0.1) is 19.8 Å². The fraction of sp³-hybridized carbons (Fsp3) is 0.625. The van der Waals surface area contributed by atoms with Crippen LogP contribution in [0.1, 0.15) is 45.1 Å². The highest BCUT2D eigenvalue weighted by molar-refractivity contribution is 5.30. The molecule has 0 saturated carbocycles. The maximum Gasteiger partial charge on any atom is 0.163 e. The van der Waals surface area contributed by atoms with Crippen LogP contribution in [0.3, 0.4) is 0 Å². The molecule has 1 aliphatic rings. The second-order valence-electron chi connectivity index (χ2n) is 5.54. The molecule has 0 aliphatic carbocycles. The number of ether oxygens (including phenoxy) is 3. The molecule has 1 aliphatic heterocycles. The van der Waals surface area contributed by atoms with Crippen molar-refractivity contribution in [2.75, 3.05) is 13.7 Å². The van der Waals surface area contributed by atoms with Gasteiger partial charge in [0.25, 0.3) is 0 Å². The summed E-state index contributed by atoms with van der Waals surface area (Å²) in [6.45, 7) is 6.83. The Morgan fingerprint density at radius 3 is 2.47 bits per heavy atom. The highest BCUT2D eigenvalue weighted by Crippen LogP contribution is 2.35. The van der Waals surface area contributed by atoms with Crippen LogP contribution in [0.15, 0.2) is 24.3 Å². The van der Waals surface area contributed by atoms with Crippen LogP contribution in [0.4, 0.5) is 0 Å². The van der Waals surface area contributed by atoms with E-state index < -0.39 is 5.79 Å². The SMILES string of the molecule is CCCC(c1ccc(OC)cc1)C1COC(C)(C)O1. The van der Waals surface area contributed by atoms with E-state index in [0.29, 0.717) is 12.5 Å². The molecule has 0 radical (unpaired) electrons. The fourth-order valence-electron chi connectivity index (χ4n) is 2.64. The molecule has 0 N–H and O–H groups in total. The van der Waals surface area contributed by atoms with Gasteiger partial charge < -0.3 is 14.2 Å². The van der Waals surface area contributed by atoms with E-state index in [1.807, 2.05) is 26.0 Å². The van der Waals surface area contributed by atoms with E-state index >= 15 is 0 Å². The zero-order valence-corrected chi connectivity index (χ0v) is 12.3. The first-order valence-corrected chi connectivity index (χ1v) is 7.01. The molecule has 2 unspecified atom stereocenters. The lowest BCUT2D eigenvalue weighted by Crippen LogP contribution is -2.25. The Morgan fingerprint density at radius 2 is 2.00 bits per heavy atom. The van der Waals surface area contributed by atoms with Crippen LogP contribution in [-0.2, 0) is 9.47 Å². The molecule has 3 nitrogen and oxygen atoms in total. The van der Waals surface area contributed by atoms with Crippen molar-refractivity contribution in [1.82, 2.24) is 0 Å². The van der Waals surface area contributed by atoms with Gasteiger partial charge in [0.1, 0.15) is 5.75 Å². The lowest BCUT2D eigenvalue weighted by Gasteiger charge is -2.24. The summed E-state index contributed by atoms with van der Waals surface area (Å²) in [5.41, 5.74) is 1.30. The molecule has 1 heterocycles. The van der Waals surface area contributed by atoms with Crippen molar-refractivity contribution in [2.24, 2.45) is 0 Å². The van der Waals surface area contributed by atoms with Gasteiger partial charge in [0.2, 0.25) is 0 Å². The van der Waals surface area contributed by atoms with Crippen molar-refractivity contribution >= 4 is 0 Å². The second-order valence-corrected chi connectivity index (χ2v) is 5.54. The zero-order chi connectivity index (χ0) is 13.9. The van der Waals surface area contributed by atoms with Crippen molar-refractivity contribution in [1.29, 1.82) is 0 Å². The predicted molar refractivity (Wildman–Crippen MR) is 75.5 cm³/mol. The number of methoxy groups -OCH3 is 1. The summed E-state index contributed by atoms with van der Waals surface area (Å²) < 4.78 is 16.9. The highest BCUT2D eigenvalue weighted by Gasteiger charge is 2.37. The molecule has 1 aromatic carbocycles. The van der Waals surface area contributed by atoms with Crippen LogP contribution in [-0.4, -0.2) is 25.6 Å². The minimum Gasteiger partial charge on any atom is -0.497 e. The summed E-state index contributed by atoms with van der Waals surface area (Å²) in [5, 5.41) is 0. The van der Waals surface area contributed by atoms with E-state index in [4.69, 9.17) is 14.2 Å². The van der Waals surface area contributed by atoms with Gasteiger partial charge in [0.15, 0.2) is 5.79 Å². The third kappa shape index (κ3) is 3.48. The fourth-order valence-corrected chi connectivity index (χ4v) is 2.64. The summed E-state index contributed by atoms with van der Waals surface area (Å²) >= 11 is 0. The Morgan fingerprint density at radius 1 is 1.32 bits per heavy atom. The first-order chi connectivity index (χ1) is 9.05. The zero-order valence-electron chi connectivity index (χ0n) is 12.3. The minimum absolute atomic E-state index is 0.142. The highest BCUT2D eigenvalue weighted by atomic mass is 16.7. The monoisotopic (exact) mass is 264 g/mol. The molecule has 1 fully saturated rings. The number of hydrogen-bond donors (Lipinski definition) is 0. The van der Waals surface area contributed by atoms with Gasteiger partial charge in [-0.3, -0.25) is 0 Å². The Hall–Kier alpha value is -1.06. The molecule has 19 heavy (non-hydrogen) atoms. The maximum absolute atomic E-state index is 6.02. The average molecular weight is 264 g/mol. The molecule has 1 aromatic rings. The molecule has 2 atom stereocenters. The van der Waals surface area contributed by atoms with E-state index in [0.717, 1.165) is 18.6 Å². The molecule has 3 heteroatoms. The second kappa shape index (κ2) is 5.93. The summed E-state index contributed by atoms with van der Waals surface area (Å²) in [4.78, 5) is 0. The number of benzene rings is 1. The lowest BCUT2D eigenvalue weighted by molar-refractivity contribution is -0.141. The number of rotatable bonds is 5. The maximum atomic E-state index is 6.02. The van der Waals surface area contributed by atoms with Crippen molar-refractivity contribution in [2.45, 2.75) is 51.4 Å². The van der Waals surface area contributed by atoms with E-state index in [9.17, 15) is 0 Å². The van der Waals surface area contributed by atoms with Crippen molar-refractivity contribution in [3.8, 4) is 5.75 Å². The Kier molecular flexibility index (Phi) is 4.48. The average Bonchev–Trinajstić information content (AvgIpc) is 2.76. The van der Waals surface area contributed by atoms with Crippen LogP contribution >= 0.6 is 0 Å². The number of hydrogen-bond acceptors (Lipinski definition) is 3. The Bertz CT molecular complexity index is 397. The molecule has 0 aromatic heterocycles. The largest absolute Gasteiger partial charge is 0.497 e. The summed E-state index contributed by atoms with van der Waals surface area (Å²) in [6, 6.07) is 8.29. The van der Waals surface area contributed by atoms with Crippen LogP contribution in [0.25, 0.3) is 0 Å². The van der Waals surface area contributed by atoms with Gasteiger partial charge in [-0.25, -0.2) is 0 Å². The molecule has 2 rings (SSSR count). The van der Waals surface area contributed by atoms with Gasteiger partial charge >= 0.3 is 0 Å². The van der Waals surface area contributed by atoms with Crippen molar-refractivity contribution in [3.05, 3.63) is 29.8 Å². The summed E-state index contributed by atoms with van der Waals surface area (Å²) in [5.74, 6) is 0.823. The first-order valence-electron chi connectivity index (χ1n) is 7.01. The van der Waals surface area contributed by atoms with E-state index in [1.54, 1.807) is 7.11 Å². The molecular weight excluding hydrogens is 240 g/mol. The normalized spacial score (nSPS) is 23.3. The molecular formula is C16H24O3. The van der Waals surface area contributed by atoms with Crippen LogP contribution in [0.5, 0.6) is 5.75 Å². The quantitative estimate of drug-likeness (QED) is 0.811. The van der Waals surface area contributed by atoms with E-state index in [1.165, 1.54) is 5.56 Å². The van der Waals surface area contributed by atoms with Crippen LogP contribution in [0, 0.1) is 0 Å². The topological polar surface area (TPSA) is 27.7 Å². The summed E-state index contributed by atoms with van der Waals surface area (Å²) in [7, 11) is 1.69. The van der Waals surface area contributed by atoms with Crippen LogP contribution < -0.4 is 4.74 Å². The Balaban J connectivity index is 2.15. The third-order valence-corrected chi connectivity index (χ3v) is 3.62. The van der Waals surface area contributed by atoms with Crippen molar-refractivity contribution in [3.63, 3.8) is 0 Å². The summed E-state index contributed by atoms with van der Waals surface area (Å²) in [6.07, 6.45) is 2.39. The van der Waals surface area contributed by atoms with E-state index in [-0.39, 0.29) is 6.10 Å².